The average molecular weight is 159 g/mol. The van der Waals surface area contributed by atoms with Gasteiger partial charge in [0.2, 0.25) is 0 Å². The smallest absolute Gasteiger partial charge is 0.351 e. The minimum atomic E-state index is 0.600. The molecule has 1 aliphatic heterocycles. The maximum atomic E-state index is 5.62. The van der Waals surface area contributed by atoms with Crippen LogP contribution in [0.1, 0.15) is 5.56 Å². The van der Waals surface area contributed by atoms with Crippen molar-refractivity contribution in [3.63, 3.8) is 0 Å². The van der Waals surface area contributed by atoms with E-state index in [0.717, 1.165) is 24.5 Å². The fourth-order valence-electron chi connectivity index (χ4n) is 1.39. The topological polar surface area (TPSA) is 50.1 Å². The van der Waals surface area contributed by atoms with Crippen molar-refractivity contribution < 1.29 is 0 Å². The summed E-state index contributed by atoms with van der Waals surface area (Å²) in [7, 11) is 0.764. The van der Waals surface area contributed by atoms with E-state index in [0.29, 0.717) is 5.70 Å². The normalized spacial score (nSPS) is 12.3. The predicted octanol–water partition coefficient (Wildman–Crippen LogP) is 0.720. The number of para-hydroxylation sites is 1. The highest BCUT2D eigenvalue weighted by molar-refractivity contribution is 6.49. The molecule has 1 aliphatic rings. The molecule has 0 bridgehead atoms. The molecule has 0 aliphatic carbocycles. The van der Waals surface area contributed by atoms with Crippen molar-refractivity contribution in [3.8, 4) is 0 Å². The number of anilines is 2. The second-order valence-corrected chi connectivity index (χ2v) is 2.78. The molecule has 0 radical (unpaired) electrons. The van der Waals surface area contributed by atoms with Gasteiger partial charge >= 0.3 is 7.55 Å². The highest BCUT2D eigenvalue weighted by atomic mass is 15.0. The molecular weight excluding hydrogens is 149 g/mol. The summed E-state index contributed by atoms with van der Waals surface area (Å²) in [6.45, 7) is 3.71. The number of nitrogens with two attached hydrogens (primary N) is 1. The van der Waals surface area contributed by atoms with Gasteiger partial charge in [0.1, 0.15) is 0 Å². The zero-order valence-corrected chi connectivity index (χ0v) is 6.72. The van der Waals surface area contributed by atoms with Gasteiger partial charge in [-0.05, 0) is 6.07 Å². The van der Waals surface area contributed by atoms with Crippen molar-refractivity contribution in [2.75, 3.05) is 10.5 Å². The summed E-state index contributed by atoms with van der Waals surface area (Å²) in [5, 5.41) is 6.39. The first-order valence-corrected chi connectivity index (χ1v) is 3.84. The second-order valence-electron chi connectivity index (χ2n) is 2.78. The van der Waals surface area contributed by atoms with Crippen molar-refractivity contribution in [2.24, 2.45) is 5.73 Å². The van der Waals surface area contributed by atoms with Gasteiger partial charge in [0.25, 0.3) is 0 Å². The lowest BCUT2D eigenvalue weighted by Crippen LogP contribution is -2.06. The van der Waals surface area contributed by atoms with Gasteiger partial charge in [-0.3, -0.25) is 0 Å². The van der Waals surface area contributed by atoms with Crippen molar-refractivity contribution in [1.29, 1.82) is 0 Å². The van der Waals surface area contributed by atoms with Crippen LogP contribution in [0.3, 0.4) is 0 Å². The number of hydrogen-bond donors (Lipinski definition) is 3. The minimum absolute atomic E-state index is 0.600. The third-order valence-electron chi connectivity index (χ3n) is 1.95. The standard InChI is InChI=1S/C8H10BN3/c1-5(10)6-3-2-4-7-8(6)12-9-11-7/h2-4,9,11-12H,1,10H2. The lowest BCUT2D eigenvalue weighted by atomic mass is 10.1. The van der Waals surface area contributed by atoms with Crippen LogP contribution in [0.5, 0.6) is 0 Å². The van der Waals surface area contributed by atoms with E-state index in [1.165, 1.54) is 0 Å². The summed E-state index contributed by atoms with van der Waals surface area (Å²) >= 11 is 0. The molecule has 12 heavy (non-hydrogen) atoms. The molecule has 1 aromatic rings. The monoisotopic (exact) mass is 159 g/mol. The van der Waals surface area contributed by atoms with Gasteiger partial charge in [-0.1, -0.05) is 18.7 Å². The Hall–Kier alpha value is -1.58. The van der Waals surface area contributed by atoms with E-state index < -0.39 is 0 Å². The van der Waals surface area contributed by atoms with Crippen LogP contribution in [0.25, 0.3) is 5.70 Å². The Morgan fingerprint density at radius 3 is 3.00 bits per heavy atom. The van der Waals surface area contributed by atoms with E-state index in [-0.39, 0.29) is 0 Å². The van der Waals surface area contributed by atoms with E-state index in [9.17, 15) is 0 Å². The van der Waals surface area contributed by atoms with E-state index in [1.807, 2.05) is 18.2 Å². The summed E-state index contributed by atoms with van der Waals surface area (Å²) < 4.78 is 0. The fraction of sp³-hybridized carbons (Fsp3) is 0. The lowest BCUT2D eigenvalue weighted by molar-refractivity contribution is 1.54. The van der Waals surface area contributed by atoms with Crippen LogP contribution in [0, 0.1) is 0 Å². The first-order valence-electron chi connectivity index (χ1n) is 3.84. The zero-order valence-electron chi connectivity index (χ0n) is 6.72. The van der Waals surface area contributed by atoms with Crippen LogP contribution < -0.4 is 16.2 Å². The Labute approximate surface area is 71.9 Å². The molecule has 2 rings (SSSR count). The van der Waals surface area contributed by atoms with Gasteiger partial charge in [-0.15, -0.1) is 0 Å². The molecule has 1 aromatic carbocycles. The number of rotatable bonds is 1. The number of hydrogen-bond acceptors (Lipinski definition) is 3. The Balaban J connectivity index is 2.56. The van der Waals surface area contributed by atoms with E-state index in [1.54, 1.807) is 0 Å². The van der Waals surface area contributed by atoms with E-state index in [2.05, 4.69) is 17.0 Å². The lowest BCUT2D eigenvalue weighted by Gasteiger charge is -2.06. The molecular formula is C8H10BN3. The van der Waals surface area contributed by atoms with Crippen molar-refractivity contribution >= 4 is 24.6 Å². The van der Waals surface area contributed by atoms with Gasteiger partial charge in [0, 0.05) is 16.9 Å². The summed E-state index contributed by atoms with van der Waals surface area (Å²) in [6, 6.07) is 5.94. The predicted molar refractivity (Wildman–Crippen MR) is 54.1 cm³/mol. The molecule has 0 saturated heterocycles. The summed E-state index contributed by atoms with van der Waals surface area (Å²) in [5.74, 6) is 0. The van der Waals surface area contributed by atoms with Crippen LogP contribution >= 0.6 is 0 Å². The van der Waals surface area contributed by atoms with Crippen LogP contribution in [0.4, 0.5) is 11.4 Å². The van der Waals surface area contributed by atoms with Crippen LogP contribution in [-0.2, 0) is 0 Å². The largest absolute Gasteiger partial charge is 0.411 e. The molecule has 0 unspecified atom stereocenters. The quantitative estimate of drug-likeness (QED) is 0.529. The van der Waals surface area contributed by atoms with Crippen LogP contribution in [0.15, 0.2) is 24.8 Å². The molecule has 0 saturated carbocycles. The number of fused-ring (bicyclic) bond motifs is 1. The summed E-state index contributed by atoms with van der Waals surface area (Å²) in [4.78, 5) is 0. The fourth-order valence-corrected chi connectivity index (χ4v) is 1.39. The van der Waals surface area contributed by atoms with Crippen molar-refractivity contribution in [2.45, 2.75) is 0 Å². The third kappa shape index (κ3) is 0.924. The molecule has 4 N–H and O–H groups in total. The van der Waals surface area contributed by atoms with Gasteiger partial charge < -0.3 is 16.2 Å². The highest BCUT2D eigenvalue weighted by Gasteiger charge is 2.14. The molecule has 0 atom stereocenters. The first kappa shape index (κ1) is 7.09. The maximum Gasteiger partial charge on any atom is 0.351 e. The van der Waals surface area contributed by atoms with Crippen LogP contribution in [-0.4, -0.2) is 7.55 Å². The highest BCUT2D eigenvalue weighted by Crippen LogP contribution is 2.31. The molecule has 4 heteroatoms. The third-order valence-corrected chi connectivity index (χ3v) is 1.95. The molecule has 0 fully saturated rings. The molecule has 3 nitrogen and oxygen atoms in total. The zero-order chi connectivity index (χ0) is 8.55. The molecule has 60 valence electrons. The molecule has 0 amide bonds. The Morgan fingerprint density at radius 2 is 2.25 bits per heavy atom. The average Bonchev–Trinajstić information content (AvgIpc) is 2.49. The van der Waals surface area contributed by atoms with E-state index in [4.69, 9.17) is 5.73 Å². The van der Waals surface area contributed by atoms with E-state index >= 15 is 0 Å². The minimum Gasteiger partial charge on any atom is -0.411 e. The maximum absolute atomic E-state index is 5.62. The van der Waals surface area contributed by atoms with Gasteiger partial charge in [0.15, 0.2) is 0 Å². The summed E-state index contributed by atoms with van der Waals surface area (Å²) in [6.07, 6.45) is 0. The molecule has 1 heterocycles. The molecule has 0 spiro atoms. The Bertz CT molecular complexity index is 335. The van der Waals surface area contributed by atoms with Gasteiger partial charge in [0.05, 0.1) is 5.69 Å². The van der Waals surface area contributed by atoms with Crippen LogP contribution in [0.2, 0.25) is 0 Å². The number of nitrogens with one attached hydrogen (secondary N) is 2. The SMILES string of the molecule is C=C(N)c1cccc2c1NBN2. The first-order chi connectivity index (χ1) is 5.79. The van der Waals surface area contributed by atoms with Gasteiger partial charge in [-0.2, -0.15) is 0 Å². The Kier molecular flexibility index (Phi) is 1.47. The molecule has 0 aromatic heterocycles. The second kappa shape index (κ2) is 2.48. The van der Waals surface area contributed by atoms with Crippen molar-refractivity contribution in [3.05, 3.63) is 30.3 Å². The Morgan fingerprint density at radius 1 is 1.42 bits per heavy atom. The number of benzene rings is 1. The summed E-state index contributed by atoms with van der Waals surface area (Å²) in [5.41, 5.74) is 9.36. The van der Waals surface area contributed by atoms with Gasteiger partial charge in [-0.25, -0.2) is 0 Å². The van der Waals surface area contributed by atoms with Crippen molar-refractivity contribution in [1.82, 2.24) is 0 Å².